The van der Waals surface area contributed by atoms with Crippen molar-refractivity contribution in [3.8, 4) is 5.69 Å². The molecule has 0 amide bonds. The van der Waals surface area contributed by atoms with E-state index in [2.05, 4.69) is 53.7 Å². The van der Waals surface area contributed by atoms with Gasteiger partial charge < -0.3 is 5.32 Å². The lowest BCUT2D eigenvalue weighted by molar-refractivity contribution is 0.537. The van der Waals surface area contributed by atoms with Crippen LogP contribution in [-0.4, -0.2) is 21.5 Å². The van der Waals surface area contributed by atoms with Crippen molar-refractivity contribution in [3.63, 3.8) is 0 Å². The van der Waals surface area contributed by atoms with Crippen LogP contribution in [0.3, 0.4) is 0 Å². The van der Waals surface area contributed by atoms with Crippen molar-refractivity contribution in [3.05, 3.63) is 54.1 Å². The Labute approximate surface area is 124 Å². The number of rotatable bonds is 5. The molecule has 1 N–H and O–H groups in total. The van der Waals surface area contributed by atoms with Crippen LogP contribution < -0.4 is 5.32 Å². The fourth-order valence-electron chi connectivity index (χ4n) is 2.68. The zero-order chi connectivity index (χ0) is 14.7. The summed E-state index contributed by atoms with van der Waals surface area (Å²) in [4.78, 5) is 0. The number of fused-ring (bicyclic) bond motifs is 1. The number of aromatic nitrogens is 3. The normalized spacial score (nSPS) is 12.7. The molecule has 0 bridgehead atoms. The first-order valence-electron chi connectivity index (χ1n) is 7.47. The quantitative estimate of drug-likeness (QED) is 0.778. The number of nitrogens with one attached hydrogen (secondary N) is 1. The molecule has 0 radical (unpaired) electrons. The maximum atomic E-state index is 4.28. The van der Waals surface area contributed by atoms with Gasteiger partial charge in [0.15, 0.2) is 0 Å². The third-order valence-electron chi connectivity index (χ3n) is 3.73. The second-order valence-corrected chi connectivity index (χ2v) is 5.10. The first-order chi connectivity index (χ1) is 10.3. The second-order valence-electron chi connectivity index (χ2n) is 5.10. The van der Waals surface area contributed by atoms with Crippen LogP contribution in [0.5, 0.6) is 0 Å². The molecule has 1 atom stereocenters. The Hall–Kier alpha value is -2.20. The minimum absolute atomic E-state index is 0.379. The molecule has 0 aliphatic rings. The molecule has 0 saturated carbocycles. The molecule has 3 rings (SSSR count). The Morgan fingerprint density at radius 2 is 1.95 bits per heavy atom. The molecule has 0 fully saturated rings. The van der Waals surface area contributed by atoms with Gasteiger partial charge in [-0.05, 0) is 42.8 Å². The van der Waals surface area contributed by atoms with Gasteiger partial charge in [-0.25, -0.2) is 4.68 Å². The van der Waals surface area contributed by atoms with E-state index in [9.17, 15) is 0 Å². The molecule has 1 aromatic heterocycles. The van der Waals surface area contributed by atoms with Crippen molar-refractivity contribution in [1.82, 2.24) is 20.3 Å². The highest BCUT2D eigenvalue weighted by Crippen LogP contribution is 2.21. The molecule has 2 aromatic carbocycles. The SMILES string of the molecule is CCNC(CC)c1cccc(-n2nnc3ccccc32)c1. The van der Waals surface area contributed by atoms with Crippen LogP contribution in [0.25, 0.3) is 16.7 Å². The highest BCUT2D eigenvalue weighted by atomic mass is 15.4. The van der Waals surface area contributed by atoms with Gasteiger partial charge in [0.2, 0.25) is 0 Å². The molecule has 4 heteroatoms. The summed E-state index contributed by atoms with van der Waals surface area (Å²) in [7, 11) is 0. The first-order valence-corrected chi connectivity index (χ1v) is 7.47. The zero-order valence-corrected chi connectivity index (χ0v) is 12.5. The van der Waals surface area contributed by atoms with E-state index in [1.807, 2.05) is 28.9 Å². The average molecular weight is 280 g/mol. The average Bonchev–Trinajstić information content (AvgIpc) is 2.97. The third-order valence-corrected chi connectivity index (χ3v) is 3.73. The van der Waals surface area contributed by atoms with Gasteiger partial charge in [-0.1, -0.05) is 43.3 Å². The van der Waals surface area contributed by atoms with Gasteiger partial charge in [0.05, 0.1) is 11.2 Å². The number of hydrogen-bond acceptors (Lipinski definition) is 3. The van der Waals surface area contributed by atoms with Gasteiger partial charge >= 0.3 is 0 Å². The van der Waals surface area contributed by atoms with Gasteiger partial charge in [-0.15, -0.1) is 5.10 Å². The van der Waals surface area contributed by atoms with Crippen molar-refractivity contribution in [1.29, 1.82) is 0 Å². The summed E-state index contributed by atoms with van der Waals surface area (Å²) < 4.78 is 1.90. The predicted molar refractivity (Wildman–Crippen MR) is 85.6 cm³/mol. The summed E-state index contributed by atoms with van der Waals surface area (Å²) in [6.07, 6.45) is 1.06. The summed E-state index contributed by atoms with van der Waals surface area (Å²) in [5, 5.41) is 12.0. The molecule has 0 spiro atoms. The smallest absolute Gasteiger partial charge is 0.113 e. The highest BCUT2D eigenvalue weighted by Gasteiger charge is 2.10. The Balaban J connectivity index is 2.03. The fourth-order valence-corrected chi connectivity index (χ4v) is 2.68. The monoisotopic (exact) mass is 280 g/mol. The Morgan fingerprint density at radius 3 is 2.76 bits per heavy atom. The van der Waals surface area contributed by atoms with Crippen LogP contribution in [-0.2, 0) is 0 Å². The van der Waals surface area contributed by atoms with Crippen LogP contribution in [0.1, 0.15) is 31.9 Å². The minimum atomic E-state index is 0.379. The minimum Gasteiger partial charge on any atom is -0.310 e. The largest absolute Gasteiger partial charge is 0.310 e. The Morgan fingerprint density at radius 1 is 1.10 bits per heavy atom. The molecule has 0 aliphatic heterocycles. The van der Waals surface area contributed by atoms with Gasteiger partial charge in [0, 0.05) is 6.04 Å². The van der Waals surface area contributed by atoms with Crippen LogP contribution >= 0.6 is 0 Å². The summed E-state index contributed by atoms with van der Waals surface area (Å²) in [6, 6.07) is 16.9. The third kappa shape index (κ3) is 2.67. The molecule has 0 aliphatic carbocycles. The van der Waals surface area contributed by atoms with E-state index in [0.29, 0.717) is 6.04 Å². The van der Waals surface area contributed by atoms with Crippen molar-refractivity contribution in [2.45, 2.75) is 26.3 Å². The van der Waals surface area contributed by atoms with Gasteiger partial charge in [-0.3, -0.25) is 0 Å². The maximum absolute atomic E-state index is 4.28. The van der Waals surface area contributed by atoms with E-state index in [4.69, 9.17) is 0 Å². The fraction of sp³-hybridized carbons (Fsp3) is 0.294. The molecule has 3 aromatic rings. The molecule has 4 nitrogen and oxygen atoms in total. The molecule has 108 valence electrons. The summed E-state index contributed by atoms with van der Waals surface area (Å²) in [5.41, 5.74) is 4.29. The number of benzene rings is 2. The molecular weight excluding hydrogens is 260 g/mol. The number of para-hydroxylation sites is 1. The van der Waals surface area contributed by atoms with E-state index in [1.165, 1.54) is 5.56 Å². The van der Waals surface area contributed by atoms with Gasteiger partial charge in [0.1, 0.15) is 5.52 Å². The zero-order valence-electron chi connectivity index (χ0n) is 12.5. The lowest BCUT2D eigenvalue weighted by Crippen LogP contribution is -2.20. The Kier molecular flexibility index (Phi) is 3.97. The molecule has 0 saturated heterocycles. The topological polar surface area (TPSA) is 42.7 Å². The van der Waals surface area contributed by atoms with E-state index in [-0.39, 0.29) is 0 Å². The van der Waals surface area contributed by atoms with E-state index in [0.717, 1.165) is 29.7 Å². The second kappa shape index (κ2) is 6.06. The standard InChI is InChI=1S/C17H20N4/c1-3-15(18-4-2)13-8-7-9-14(12-13)21-17-11-6-5-10-16(17)19-20-21/h5-12,15,18H,3-4H2,1-2H3. The van der Waals surface area contributed by atoms with Gasteiger partial charge in [-0.2, -0.15) is 0 Å². The lowest BCUT2D eigenvalue weighted by Gasteiger charge is -2.17. The highest BCUT2D eigenvalue weighted by molar-refractivity contribution is 5.75. The van der Waals surface area contributed by atoms with Crippen LogP contribution in [0.4, 0.5) is 0 Å². The molecule has 1 unspecified atom stereocenters. The summed E-state index contributed by atoms with van der Waals surface area (Å²) in [5.74, 6) is 0. The summed E-state index contributed by atoms with van der Waals surface area (Å²) >= 11 is 0. The molecular formula is C17H20N4. The Bertz CT molecular complexity index is 732. The first kappa shape index (κ1) is 13.8. The van der Waals surface area contributed by atoms with E-state index >= 15 is 0 Å². The predicted octanol–water partition coefficient (Wildman–Crippen LogP) is 3.48. The van der Waals surface area contributed by atoms with E-state index < -0.39 is 0 Å². The van der Waals surface area contributed by atoms with E-state index in [1.54, 1.807) is 0 Å². The molecule has 1 heterocycles. The van der Waals surface area contributed by atoms with Crippen molar-refractivity contribution >= 4 is 11.0 Å². The maximum Gasteiger partial charge on any atom is 0.113 e. The number of hydrogen-bond donors (Lipinski definition) is 1. The molecule has 21 heavy (non-hydrogen) atoms. The van der Waals surface area contributed by atoms with Crippen LogP contribution in [0.2, 0.25) is 0 Å². The van der Waals surface area contributed by atoms with Crippen molar-refractivity contribution in [2.75, 3.05) is 6.54 Å². The van der Waals surface area contributed by atoms with Crippen LogP contribution in [0, 0.1) is 0 Å². The number of nitrogens with zero attached hydrogens (tertiary/aromatic N) is 3. The van der Waals surface area contributed by atoms with Crippen molar-refractivity contribution in [2.24, 2.45) is 0 Å². The van der Waals surface area contributed by atoms with Gasteiger partial charge in [0.25, 0.3) is 0 Å². The lowest BCUT2D eigenvalue weighted by atomic mass is 10.0. The van der Waals surface area contributed by atoms with Crippen LogP contribution in [0.15, 0.2) is 48.5 Å². The van der Waals surface area contributed by atoms with Crippen molar-refractivity contribution < 1.29 is 0 Å². The summed E-state index contributed by atoms with van der Waals surface area (Å²) in [6.45, 7) is 5.30.